The molecule has 0 amide bonds. The molecule has 0 radical (unpaired) electrons. The summed E-state index contributed by atoms with van der Waals surface area (Å²) >= 11 is 0. The van der Waals surface area contributed by atoms with Crippen LogP contribution < -0.4 is 10.7 Å². The van der Waals surface area contributed by atoms with Crippen molar-refractivity contribution in [2.75, 3.05) is 0 Å². The third kappa shape index (κ3) is 4.36. The number of nitrogens with zero attached hydrogens (tertiary/aromatic N) is 2. The van der Waals surface area contributed by atoms with Gasteiger partial charge in [0.25, 0.3) is 0 Å². The summed E-state index contributed by atoms with van der Waals surface area (Å²) in [5, 5.41) is 3.43. The molecule has 0 fully saturated rings. The fourth-order valence-electron chi connectivity index (χ4n) is 2.91. The normalized spacial score (nSPS) is 10.7. The fourth-order valence-corrected chi connectivity index (χ4v) is 2.91. The van der Waals surface area contributed by atoms with Gasteiger partial charge in [0, 0.05) is 5.56 Å². The monoisotopic (exact) mass is 350 g/mol. The highest BCUT2D eigenvalue weighted by atomic mass is 14.7. The molecule has 0 N–H and O–H groups in total. The van der Waals surface area contributed by atoms with Gasteiger partial charge >= 0.3 is 0 Å². The maximum absolute atomic E-state index is 4.70. The molecule has 2 heteroatoms. The van der Waals surface area contributed by atoms with Gasteiger partial charge < -0.3 is 0 Å². The molecule has 27 heavy (non-hydrogen) atoms. The van der Waals surface area contributed by atoms with Crippen molar-refractivity contribution in [1.29, 1.82) is 0 Å². The maximum Gasteiger partial charge on any atom is 0.0892 e. The van der Waals surface area contributed by atoms with Crippen molar-refractivity contribution < 1.29 is 0 Å². The maximum atomic E-state index is 4.70. The van der Waals surface area contributed by atoms with Crippen LogP contribution in [0.2, 0.25) is 0 Å². The molecule has 0 aliphatic heterocycles. The van der Waals surface area contributed by atoms with Gasteiger partial charge in [-0.1, -0.05) is 74.4 Å². The van der Waals surface area contributed by atoms with E-state index in [-0.39, 0.29) is 0 Å². The fraction of sp³-hybridized carbons (Fsp3) is 0.0400. The van der Waals surface area contributed by atoms with Crippen molar-refractivity contribution in [2.45, 2.75) is 6.92 Å². The van der Waals surface area contributed by atoms with Crippen molar-refractivity contribution >= 4 is 36.1 Å². The van der Waals surface area contributed by atoms with Crippen molar-refractivity contribution in [3.05, 3.63) is 95.3 Å². The summed E-state index contributed by atoms with van der Waals surface area (Å²) < 4.78 is 0. The highest BCUT2D eigenvalue weighted by Crippen LogP contribution is 2.21. The van der Waals surface area contributed by atoms with E-state index in [4.69, 9.17) is 4.98 Å². The van der Waals surface area contributed by atoms with Crippen molar-refractivity contribution in [1.82, 2.24) is 9.97 Å². The zero-order chi connectivity index (χ0) is 19.2. The van der Waals surface area contributed by atoms with Crippen LogP contribution in [0.5, 0.6) is 0 Å². The quantitative estimate of drug-likeness (QED) is 0.670. The summed E-state index contributed by atoms with van der Waals surface area (Å²) in [4.78, 5) is 9.19. The van der Waals surface area contributed by atoms with Gasteiger partial charge in [-0.3, -0.25) is 4.98 Å². The molecule has 1 heterocycles. The summed E-state index contributed by atoms with van der Waals surface area (Å²) in [6, 6.07) is 18.1. The average Bonchev–Trinajstić information content (AvgIpc) is 2.67. The Labute approximate surface area is 159 Å². The SMILES string of the molecule is C=Cc1cc(-c2cnc(=C)cc3ccccc3cc(=C)n2)ccc1/C=C\C. The van der Waals surface area contributed by atoms with E-state index in [0.29, 0.717) is 10.7 Å². The molecule has 0 bridgehead atoms. The Balaban J connectivity index is 2.28. The third-order valence-electron chi connectivity index (χ3n) is 4.21. The van der Waals surface area contributed by atoms with Gasteiger partial charge in [-0.25, -0.2) is 4.98 Å². The molecule has 2 aromatic carbocycles. The van der Waals surface area contributed by atoms with Gasteiger partial charge in [0.1, 0.15) is 0 Å². The highest BCUT2D eigenvalue weighted by Gasteiger charge is 2.02. The van der Waals surface area contributed by atoms with E-state index in [2.05, 4.69) is 42.9 Å². The van der Waals surface area contributed by atoms with E-state index in [1.807, 2.05) is 61.5 Å². The summed E-state index contributed by atoms with van der Waals surface area (Å²) in [7, 11) is 0. The molecule has 0 saturated carbocycles. The first-order chi connectivity index (χ1) is 13.1. The lowest BCUT2D eigenvalue weighted by Gasteiger charge is -2.05. The second kappa shape index (κ2) is 8.24. The van der Waals surface area contributed by atoms with E-state index in [1.54, 1.807) is 6.20 Å². The minimum Gasteiger partial charge on any atom is -0.255 e. The smallest absolute Gasteiger partial charge is 0.0892 e. The van der Waals surface area contributed by atoms with Crippen LogP contribution >= 0.6 is 0 Å². The molecule has 0 atom stereocenters. The molecule has 132 valence electrons. The summed E-state index contributed by atoms with van der Waals surface area (Å²) in [6.45, 7) is 14.1. The van der Waals surface area contributed by atoms with Crippen LogP contribution in [0.4, 0.5) is 0 Å². The van der Waals surface area contributed by atoms with Crippen LogP contribution in [0.3, 0.4) is 0 Å². The lowest BCUT2D eigenvalue weighted by Crippen LogP contribution is -2.05. The predicted molar refractivity (Wildman–Crippen MR) is 118 cm³/mol. The van der Waals surface area contributed by atoms with Gasteiger partial charge in [-0.15, -0.1) is 0 Å². The number of benzene rings is 2. The number of aromatic nitrogens is 2. The number of rotatable bonds is 3. The first kappa shape index (κ1) is 18.3. The molecule has 2 nitrogen and oxygen atoms in total. The zero-order valence-corrected chi connectivity index (χ0v) is 15.5. The number of allylic oxidation sites excluding steroid dienone is 1. The van der Waals surface area contributed by atoms with E-state index in [1.165, 1.54) is 0 Å². The van der Waals surface area contributed by atoms with E-state index < -0.39 is 0 Å². The van der Waals surface area contributed by atoms with E-state index in [9.17, 15) is 0 Å². The molecule has 0 aliphatic carbocycles. The van der Waals surface area contributed by atoms with Crippen molar-refractivity contribution in [3.63, 3.8) is 0 Å². The van der Waals surface area contributed by atoms with Crippen LogP contribution in [0.25, 0.3) is 47.3 Å². The number of fused-ring (bicyclic) bond motifs is 1. The Morgan fingerprint density at radius 3 is 2.22 bits per heavy atom. The topological polar surface area (TPSA) is 25.8 Å². The molecule has 0 saturated heterocycles. The predicted octanol–water partition coefficient (Wildman–Crippen LogP) is 4.92. The third-order valence-corrected chi connectivity index (χ3v) is 4.21. The molecule has 0 aliphatic rings. The van der Waals surface area contributed by atoms with E-state index >= 15 is 0 Å². The molecular weight excluding hydrogens is 328 g/mol. The lowest BCUT2D eigenvalue weighted by atomic mass is 10.0. The standard InChI is InChI=1S/C25H22N2/c1-5-9-21-12-13-24(16-20(21)6-2)25-17-26-18(3)14-22-10-7-8-11-23(22)15-19(4)27-25/h5-17H,2-4H2,1H3/b9-5-,22-14?,23-15?,26-17?,27-25?. The first-order valence-electron chi connectivity index (χ1n) is 8.79. The van der Waals surface area contributed by atoms with Gasteiger partial charge in [-0.05, 0) is 47.0 Å². The lowest BCUT2D eigenvalue weighted by molar-refractivity contribution is 1.22. The van der Waals surface area contributed by atoms with Crippen molar-refractivity contribution in [3.8, 4) is 11.3 Å². The second-order valence-electron chi connectivity index (χ2n) is 6.20. The molecule has 3 aromatic rings. The number of hydrogen-bond donors (Lipinski definition) is 0. The largest absolute Gasteiger partial charge is 0.255 e. The molecular formula is C25H22N2. The average molecular weight is 350 g/mol. The first-order valence-corrected chi connectivity index (χ1v) is 8.79. The molecule has 0 unspecified atom stereocenters. The Morgan fingerprint density at radius 2 is 1.56 bits per heavy atom. The zero-order valence-electron chi connectivity index (χ0n) is 15.5. The summed E-state index contributed by atoms with van der Waals surface area (Å²) in [5.41, 5.74) is 3.85. The van der Waals surface area contributed by atoms with Crippen LogP contribution in [-0.2, 0) is 0 Å². The highest BCUT2D eigenvalue weighted by molar-refractivity contribution is 5.81. The van der Waals surface area contributed by atoms with Gasteiger partial charge in [0.2, 0.25) is 0 Å². The Kier molecular flexibility index (Phi) is 5.58. The van der Waals surface area contributed by atoms with Gasteiger partial charge in [-0.2, -0.15) is 0 Å². The van der Waals surface area contributed by atoms with Crippen LogP contribution in [-0.4, -0.2) is 9.97 Å². The van der Waals surface area contributed by atoms with Crippen LogP contribution in [0.15, 0.2) is 73.4 Å². The summed E-state index contributed by atoms with van der Waals surface area (Å²) in [6.07, 6.45) is 7.66. The Bertz CT molecular complexity index is 1190. The summed E-state index contributed by atoms with van der Waals surface area (Å²) in [5.74, 6) is 0. The molecule has 3 rings (SSSR count). The molecule has 1 aromatic heterocycles. The van der Waals surface area contributed by atoms with Crippen LogP contribution in [0, 0.1) is 0 Å². The number of hydrogen-bond acceptors (Lipinski definition) is 2. The Morgan fingerprint density at radius 1 is 0.852 bits per heavy atom. The Hall–Kier alpha value is -3.52. The van der Waals surface area contributed by atoms with Crippen LogP contribution in [0.1, 0.15) is 18.1 Å². The second-order valence-corrected chi connectivity index (χ2v) is 6.20. The minimum absolute atomic E-state index is 0.669. The van der Waals surface area contributed by atoms with Gasteiger partial charge in [0.05, 0.1) is 22.6 Å². The van der Waals surface area contributed by atoms with Gasteiger partial charge in [0.15, 0.2) is 0 Å². The van der Waals surface area contributed by atoms with Crippen molar-refractivity contribution in [2.24, 2.45) is 0 Å². The minimum atomic E-state index is 0.669. The molecule has 0 spiro atoms. The van der Waals surface area contributed by atoms with E-state index in [0.717, 1.165) is 33.2 Å².